The van der Waals surface area contributed by atoms with Crippen LogP contribution >= 0.6 is 0 Å². The number of benzene rings is 2. The van der Waals surface area contributed by atoms with Crippen LogP contribution in [0.25, 0.3) is 0 Å². The standard InChI is InChI=1S/C22H29NO4/c1-4-5-6-9-15-26-19-12-10-11-18(16-19)23-22(24)17(2)27-21-14-8-7-13-20(21)25-3/h7-8,10-14,16-17H,4-6,9,15H2,1-3H3,(H,23,24). The average Bonchev–Trinajstić information content (AvgIpc) is 2.68. The van der Waals surface area contributed by atoms with Crippen LogP contribution in [-0.2, 0) is 4.79 Å². The molecule has 0 spiro atoms. The summed E-state index contributed by atoms with van der Waals surface area (Å²) in [6, 6.07) is 14.7. The number of carbonyl (C=O) groups is 1. The minimum atomic E-state index is -0.667. The SMILES string of the molecule is CCCCCCOc1cccc(NC(=O)C(C)Oc2ccccc2OC)c1. The molecule has 0 saturated carbocycles. The molecule has 0 heterocycles. The quantitative estimate of drug-likeness (QED) is 0.561. The van der Waals surface area contributed by atoms with Gasteiger partial charge in [-0.1, -0.05) is 44.4 Å². The Bertz CT molecular complexity index is 717. The molecule has 2 aromatic carbocycles. The maximum Gasteiger partial charge on any atom is 0.265 e. The first-order chi connectivity index (χ1) is 13.1. The van der Waals surface area contributed by atoms with E-state index in [9.17, 15) is 4.79 Å². The van der Waals surface area contributed by atoms with E-state index in [0.717, 1.165) is 12.2 Å². The van der Waals surface area contributed by atoms with Crippen LogP contribution in [0.15, 0.2) is 48.5 Å². The van der Waals surface area contributed by atoms with Crippen LogP contribution in [-0.4, -0.2) is 25.7 Å². The van der Waals surface area contributed by atoms with Gasteiger partial charge in [-0.25, -0.2) is 0 Å². The molecule has 2 rings (SSSR count). The summed E-state index contributed by atoms with van der Waals surface area (Å²) in [4.78, 5) is 12.4. The Balaban J connectivity index is 1.88. The highest BCUT2D eigenvalue weighted by Crippen LogP contribution is 2.27. The van der Waals surface area contributed by atoms with Crippen molar-refractivity contribution in [2.24, 2.45) is 0 Å². The highest BCUT2D eigenvalue weighted by atomic mass is 16.5. The molecule has 0 bridgehead atoms. The maximum absolute atomic E-state index is 12.4. The van der Waals surface area contributed by atoms with Crippen molar-refractivity contribution >= 4 is 11.6 Å². The lowest BCUT2D eigenvalue weighted by Crippen LogP contribution is -2.30. The van der Waals surface area contributed by atoms with E-state index in [-0.39, 0.29) is 5.91 Å². The lowest BCUT2D eigenvalue weighted by atomic mass is 10.2. The average molecular weight is 371 g/mol. The fraction of sp³-hybridized carbons (Fsp3) is 0.409. The summed E-state index contributed by atoms with van der Waals surface area (Å²) in [5.74, 6) is 1.64. The van der Waals surface area contributed by atoms with Crippen molar-refractivity contribution in [3.05, 3.63) is 48.5 Å². The van der Waals surface area contributed by atoms with Crippen LogP contribution in [0.5, 0.6) is 17.2 Å². The Labute approximate surface area is 161 Å². The fourth-order valence-corrected chi connectivity index (χ4v) is 2.59. The van der Waals surface area contributed by atoms with Crippen LogP contribution in [0.1, 0.15) is 39.5 Å². The van der Waals surface area contributed by atoms with Crippen molar-refractivity contribution in [3.8, 4) is 17.2 Å². The first-order valence-corrected chi connectivity index (χ1v) is 9.47. The predicted octanol–water partition coefficient (Wildman–Crippen LogP) is 5.06. The lowest BCUT2D eigenvalue weighted by Gasteiger charge is -2.17. The van der Waals surface area contributed by atoms with Gasteiger partial charge in [0.05, 0.1) is 13.7 Å². The summed E-state index contributed by atoms with van der Waals surface area (Å²) in [5, 5.41) is 2.87. The number of hydrogen-bond acceptors (Lipinski definition) is 4. The minimum absolute atomic E-state index is 0.235. The van der Waals surface area contributed by atoms with Crippen LogP contribution in [0.2, 0.25) is 0 Å². The van der Waals surface area contributed by atoms with Gasteiger partial charge in [-0.2, -0.15) is 0 Å². The summed E-state index contributed by atoms with van der Waals surface area (Å²) in [6.07, 6.45) is 3.97. The van der Waals surface area contributed by atoms with Crippen molar-refractivity contribution in [1.82, 2.24) is 0 Å². The normalized spacial score (nSPS) is 11.5. The summed E-state index contributed by atoms with van der Waals surface area (Å²) in [5.41, 5.74) is 0.682. The highest BCUT2D eigenvalue weighted by molar-refractivity contribution is 5.94. The van der Waals surface area contributed by atoms with Gasteiger partial charge in [0.25, 0.3) is 5.91 Å². The second-order valence-corrected chi connectivity index (χ2v) is 6.34. The summed E-state index contributed by atoms with van der Waals surface area (Å²) >= 11 is 0. The van der Waals surface area contributed by atoms with E-state index in [4.69, 9.17) is 14.2 Å². The lowest BCUT2D eigenvalue weighted by molar-refractivity contribution is -0.122. The van der Waals surface area contributed by atoms with Gasteiger partial charge in [0.2, 0.25) is 0 Å². The molecule has 1 N–H and O–H groups in total. The van der Waals surface area contributed by atoms with Gasteiger partial charge in [-0.05, 0) is 37.6 Å². The molecule has 0 aliphatic heterocycles. The molecule has 0 aliphatic rings. The van der Waals surface area contributed by atoms with Crippen LogP contribution in [0.4, 0.5) is 5.69 Å². The Morgan fingerprint density at radius 2 is 1.81 bits per heavy atom. The molecule has 1 unspecified atom stereocenters. The molecule has 0 aromatic heterocycles. The molecule has 1 amide bonds. The van der Waals surface area contributed by atoms with Gasteiger partial charge in [0.15, 0.2) is 17.6 Å². The highest BCUT2D eigenvalue weighted by Gasteiger charge is 2.17. The number of para-hydroxylation sites is 2. The predicted molar refractivity (Wildman–Crippen MR) is 108 cm³/mol. The van der Waals surface area contributed by atoms with Crippen molar-refractivity contribution in [3.63, 3.8) is 0 Å². The van der Waals surface area contributed by atoms with Crippen LogP contribution in [0.3, 0.4) is 0 Å². The van der Waals surface area contributed by atoms with E-state index in [2.05, 4.69) is 12.2 Å². The van der Waals surface area contributed by atoms with E-state index in [1.165, 1.54) is 19.3 Å². The third-order valence-electron chi connectivity index (χ3n) is 4.11. The fourth-order valence-electron chi connectivity index (χ4n) is 2.59. The number of unbranched alkanes of at least 4 members (excludes halogenated alkanes) is 3. The zero-order valence-corrected chi connectivity index (χ0v) is 16.4. The van der Waals surface area contributed by atoms with E-state index in [1.54, 1.807) is 26.2 Å². The Hall–Kier alpha value is -2.69. The second kappa shape index (κ2) is 11.1. The molecule has 1 atom stereocenters. The molecular formula is C22H29NO4. The molecular weight excluding hydrogens is 342 g/mol. The number of hydrogen-bond donors (Lipinski definition) is 1. The molecule has 0 saturated heterocycles. The summed E-state index contributed by atoms with van der Waals surface area (Å²) in [6.45, 7) is 4.58. The number of carbonyl (C=O) groups excluding carboxylic acids is 1. The van der Waals surface area contributed by atoms with Gasteiger partial charge in [0.1, 0.15) is 5.75 Å². The number of ether oxygens (including phenoxy) is 3. The molecule has 2 aromatic rings. The largest absolute Gasteiger partial charge is 0.494 e. The van der Waals surface area contributed by atoms with Gasteiger partial charge in [0, 0.05) is 11.8 Å². The molecule has 27 heavy (non-hydrogen) atoms. The van der Waals surface area contributed by atoms with E-state index in [0.29, 0.717) is 23.8 Å². The van der Waals surface area contributed by atoms with Gasteiger partial charge in [-0.3, -0.25) is 4.79 Å². The Morgan fingerprint density at radius 1 is 1.04 bits per heavy atom. The first-order valence-electron chi connectivity index (χ1n) is 9.47. The molecule has 0 aliphatic carbocycles. The topological polar surface area (TPSA) is 56.8 Å². The number of methoxy groups -OCH3 is 1. The summed E-state index contributed by atoms with van der Waals surface area (Å²) < 4.78 is 16.7. The van der Waals surface area contributed by atoms with Crippen molar-refractivity contribution < 1.29 is 19.0 Å². The molecule has 0 radical (unpaired) electrons. The number of rotatable bonds is 11. The van der Waals surface area contributed by atoms with Gasteiger partial charge < -0.3 is 19.5 Å². The zero-order chi connectivity index (χ0) is 19.5. The van der Waals surface area contributed by atoms with Crippen LogP contribution in [0, 0.1) is 0 Å². The molecule has 0 fully saturated rings. The molecule has 5 nitrogen and oxygen atoms in total. The van der Waals surface area contributed by atoms with E-state index in [1.807, 2.05) is 36.4 Å². The van der Waals surface area contributed by atoms with Crippen molar-refractivity contribution in [2.75, 3.05) is 19.0 Å². The van der Waals surface area contributed by atoms with E-state index >= 15 is 0 Å². The third kappa shape index (κ3) is 6.85. The monoisotopic (exact) mass is 371 g/mol. The van der Waals surface area contributed by atoms with Gasteiger partial charge in [-0.15, -0.1) is 0 Å². The van der Waals surface area contributed by atoms with Crippen molar-refractivity contribution in [2.45, 2.75) is 45.6 Å². The maximum atomic E-state index is 12.4. The molecule has 5 heteroatoms. The Kier molecular flexibility index (Phi) is 8.49. The number of nitrogens with one attached hydrogen (secondary N) is 1. The number of amides is 1. The number of anilines is 1. The van der Waals surface area contributed by atoms with Crippen molar-refractivity contribution in [1.29, 1.82) is 0 Å². The Morgan fingerprint density at radius 3 is 2.56 bits per heavy atom. The van der Waals surface area contributed by atoms with Gasteiger partial charge >= 0.3 is 0 Å². The first kappa shape index (κ1) is 20.6. The van der Waals surface area contributed by atoms with Crippen LogP contribution < -0.4 is 19.5 Å². The second-order valence-electron chi connectivity index (χ2n) is 6.34. The minimum Gasteiger partial charge on any atom is -0.494 e. The smallest absolute Gasteiger partial charge is 0.265 e. The third-order valence-corrected chi connectivity index (χ3v) is 4.11. The van der Waals surface area contributed by atoms with E-state index < -0.39 is 6.10 Å². The summed E-state index contributed by atoms with van der Waals surface area (Å²) in [7, 11) is 1.57. The molecule has 146 valence electrons. The zero-order valence-electron chi connectivity index (χ0n) is 16.4.